The summed E-state index contributed by atoms with van der Waals surface area (Å²) in [6.07, 6.45) is -1.36. The van der Waals surface area contributed by atoms with E-state index in [2.05, 4.69) is 15.9 Å². The van der Waals surface area contributed by atoms with Crippen LogP contribution in [0.2, 0.25) is 0 Å². The first-order valence-electron chi connectivity index (χ1n) is 4.38. The Morgan fingerprint density at radius 2 is 1.73 bits per heavy atom. The number of carboxylic acid groups (broad SMARTS) is 2. The van der Waals surface area contributed by atoms with Crippen LogP contribution in [-0.2, 0) is 9.53 Å². The summed E-state index contributed by atoms with van der Waals surface area (Å²) in [7, 11) is 0. The monoisotopic (exact) mass is 284 g/mol. The van der Waals surface area contributed by atoms with Gasteiger partial charge >= 0.3 is 12.1 Å². The number of ether oxygens (including phenoxy) is 1. The molecule has 0 heterocycles. The van der Waals surface area contributed by atoms with Crippen molar-refractivity contribution in [3.05, 3.63) is 0 Å². The molecule has 0 aliphatic heterocycles. The maximum Gasteiger partial charge on any atom is 0.503 e. The molecule has 90 valence electrons. The van der Waals surface area contributed by atoms with Gasteiger partial charge in [-0.25, -0.2) is 4.79 Å². The van der Waals surface area contributed by atoms with E-state index in [4.69, 9.17) is 19.7 Å². The largest absolute Gasteiger partial charge is 0.503 e. The molecule has 0 atom stereocenters. The fourth-order valence-corrected chi connectivity index (χ4v) is 0.848. The van der Waals surface area contributed by atoms with E-state index in [0.717, 1.165) is 5.33 Å². The van der Waals surface area contributed by atoms with E-state index in [0.29, 0.717) is 13.0 Å². The molecular weight excluding hydrogens is 268 g/mol. The van der Waals surface area contributed by atoms with Crippen LogP contribution in [0.3, 0.4) is 0 Å². The van der Waals surface area contributed by atoms with E-state index in [1.165, 1.54) is 0 Å². The van der Waals surface area contributed by atoms with Crippen LogP contribution in [0.15, 0.2) is 0 Å². The Hall–Kier alpha value is -0.780. The number of carbonyl (C=O) groups excluding carboxylic acids is 1. The van der Waals surface area contributed by atoms with Crippen molar-refractivity contribution in [2.45, 2.75) is 27.2 Å². The molecule has 0 aliphatic rings. The van der Waals surface area contributed by atoms with E-state index in [1.807, 2.05) is 20.8 Å². The molecule has 0 spiro atoms. The SMILES string of the molecule is CCOC(=O)CC(C)(C)CBr.O=C(O)O. The van der Waals surface area contributed by atoms with E-state index >= 15 is 0 Å². The highest BCUT2D eigenvalue weighted by molar-refractivity contribution is 9.09. The van der Waals surface area contributed by atoms with E-state index in [9.17, 15) is 4.79 Å². The lowest BCUT2D eigenvalue weighted by molar-refractivity contribution is -0.145. The Kier molecular flexibility index (Phi) is 9.46. The lowest BCUT2D eigenvalue weighted by Crippen LogP contribution is -2.20. The van der Waals surface area contributed by atoms with Crippen molar-refractivity contribution in [1.82, 2.24) is 0 Å². The fourth-order valence-electron chi connectivity index (χ4n) is 0.650. The minimum atomic E-state index is -1.83. The standard InChI is InChI=1S/C8H15BrO2.CH2O3/c1-4-11-7(10)5-8(2,3)6-9;2-1(3)4/h4-6H2,1-3H3;(H2,2,3,4). The van der Waals surface area contributed by atoms with Crippen molar-refractivity contribution in [2.75, 3.05) is 11.9 Å². The lowest BCUT2D eigenvalue weighted by atomic mass is 9.92. The van der Waals surface area contributed by atoms with E-state index in [-0.39, 0.29) is 11.4 Å². The molecule has 0 fully saturated rings. The molecule has 0 aliphatic carbocycles. The van der Waals surface area contributed by atoms with Crippen LogP contribution in [0.4, 0.5) is 4.79 Å². The van der Waals surface area contributed by atoms with Crippen molar-refractivity contribution in [2.24, 2.45) is 5.41 Å². The molecule has 15 heavy (non-hydrogen) atoms. The molecule has 0 bridgehead atoms. The summed E-state index contributed by atoms with van der Waals surface area (Å²) < 4.78 is 4.82. The van der Waals surface area contributed by atoms with Gasteiger partial charge in [-0.1, -0.05) is 29.8 Å². The first kappa shape index (κ1) is 16.6. The molecular formula is C9H17BrO5. The summed E-state index contributed by atoms with van der Waals surface area (Å²) in [6, 6.07) is 0. The average Bonchev–Trinajstić information content (AvgIpc) is 2.02. The highest BCUT2D eigenvalue weighted by Crippen LogP contribution is 2.23. The molecule has 0 radical (unpaired) electrons. The van der Waals surface area contributed by atoms with Crippen molar-refractivity contribution in [3.63, 3.8) is 0 Å². The van der Waals surface area contributed by atoms with Crippen molar-refractivity contribution < 1.29 is 24.5 Å². The molecule has 0 aromatic heterocycles. The van der Waals surface area contributed by atoms with Gasteiger partial charge in [-0.15, -0.1) is 0 Å². The van der Waals surface area contributed by atoms with Crippen molar-refractivity contribution in [3.8, 4) is 0 Å². The molecule has 6 heteroatoms. The summed E-state index contributed by atoms with van der Waals surface area (Å²) in [4.78, 5) is 19.5. The Morgan fingerprint density at radius 3 is 2.00 bits per heavy atom. The third kappa shape index (κ3) is 15.9. The second-order valence-electron chi connectivity index (χ2n) is 3.56. The molecule has 0 aromatic carbocycles. The van der Waals surface area contributed by atoms with Crippen molar-refractivity contribution >= 4 is 28.1 Å². The second-order valence-corrected chi connectivity index (χ2v) is 4.12. The van der Waals surface area contributed by atoms with E-state index in [1.54, 1.807) is 0 Å². The molecule has 0 aromatic rings. The summed E-state index contributed by atoms with van der Waals surface area (Å²) in [6.45, 7) is 6.34. The van der Waals surface area contributed by atoms with Gasteiger partial charge in [0.25, 0.3) is 0 Å². The number of hydrogen-bond acceptors (Lipinski definition) is 3. The molecule has 0 rings (SSSR count). The molecule has 0 amide bonds. The van der Waals surface area contributed by atoms with Gasteiger partial charge in [-0.2, -0.15) is 0 Å². The predicted octanol–water partition coefficient (Wildman–Crippen LogP) is 2.58. The average molecular weight is 285 g/mol. The molecule has 2 N–H and O–H groups in total. The predicted molar refractivity (Wildman–Crippen MR) is 59.5 cm³/mol. The van der Waals surface area contributed by atoms with Gasteiger partial charge < -0.3 is 14.9 Å². The minimum Gasteiger partial charge on any atom is -0.466 e. The van der Waals surface area contributed by atoms with Gasteiger partial charge in [0.05, 0.1) is 13.0 Å². The molecule has 0 saturated carbocycles. The first-order valence-corrected chi connectivity index (χ1v) is 5.50. The Balaban J connectivity index is 0. The van der Waals surface area contributed by atoms with Crippen LogP contribution >= 0.6 is 15.9 Å². The van der Waals surface area contributed by atoms with Gasteiger partial charge in [-0.05, 0) is 12.3 Å². The van der Waals surface area contributed by atoms with Gasteiger partial charge in [-0.3, -0.25) is 4.79 Å². The Bertz CT molecular complexity index is 199. The zero-order chi connectivity index (χ0) is 12.5. The van der Waals surface area contributed by atoms with Crippen LogP contribution in [0.1, 0.15) is 27.2 Å². The second kappa shape index (κ2) is 8.52. The highest BCUT2D eigenvalue weighted by atomic mass is 79.9. The van der Waals surface area contributed by atoms with Crippen LogP contribution in [0.5, 0.6) is 0 Å². The topological polar surface area (TPSA) is 83.8 Å². The minimum absolute atomic E-state index is 0.00620. The molecule has 0 unspecified atom stereocenters. The van der Waals surface area contributed by atoms with Crippen LogP contribution < -0.4 is 0 Å². The quantitative estimate of drug-likeness (QED) is 0.612. The van der Waals surface area contributed by atoms with Crippen molar-refractivity contribution in [1.29, 1.82) is 0 Å². The smallest absolute Gasteiger partial charge is 0.466 e. The first-order chi connectivity index (χ1) is 6.75. The Morgan fingerprint density at radius 1 is 1.33 bits per heavy atom. The molecule has 0 saturated heterocycles. The number of esters is 1. The summed E-state index contributed by atoms with van der Waals surface area (Å²) in [5.74, 6) is -0.114. The van der Waals surface area contributed by atoms with Crippen LogP contribution in [0, 0.1) is 5.41 Å². The maximum atomic E-state index is 11.0. The van der Waals surface area contributed by atoms with Gasteiger partial charge in [0, 0.05) is 5.33 Å². The van der Waals surface area contributed by atoms with Gasteiger partial charge in [0.15, 0.2) is 0 Å². The normalized spacial score (nSPS) is 9.87. The zero-order valence-electron chi connectivity index (χ0n) is 9.12. The summed E-state index contributed by atoms with van der Waals surface area (Å²) in [5.41, 5.74) is 0.00620. The Labute approximate surface area is 97.6 Å². The lowest BCUT2D eigenvalue weighted by Gasteiger charge is -2.19. The maximum absolute atomic E-state index is 11.0. The van der Waals surface area contributed by atoms with Crippen LogP contribution in [-0.4, -0.2) is 34.3 Å². The van der Waals surface area contributed by atoms with Crippen LogP contribution in [0.25, 0.3) is 0 Å². The summed E-state index contributed by atoms with van der Waals surface area (Å²) >= 11 is 3.34. The zero-order valence-corrected chi connectivity index (χ0v) is 10.7. The highest BCUT2D eigenvalue weighted by Gasteiger charge is 2.20. The number of hydrogen-bond donors (Lipinski definition) is 2. The third-order valence-electron chi connectivity index (χ3n) is 1.29. The number of alkyl halides is 1. The number of carbonyl (C=O) groups is 2. The molecule has 5 nitrogen and oxygen atoms in total. The third-order valence-corrected chi connectivity index (χ3v) is 2.81. The number of halogens is 1. The number of rotatable bonds is 4. The summed E-state index contributed by atoms with van der Waals surface area (Å²) in [5, 5.41) is 14.8. The fraction of sp³-hybridized carbons (Fsp3) is 0.778. The van der Waals surface area contributed by atoms with Gasteiger partial charge in [0.1, 0.15) is 0 Å². The van der Waals surface area contributed by atoms with Gasteiger partial charge in [0.2, 0.25) is 0 Å². The van der Waals surface area contributed by atoms with E-state index < -0.39 is 6.16 Å².